The van der Waals surface area contributed by atoms with Crippen molar-refractivity contribution in [2.24, 2.45) is 20.0 Å². The van der Waals surface area contributed by atoms with Crippen molar-refractivity contribution in [3.05, 3.63) is 144 Å². The second kappa shape index (κ2) is 23.6. The van der Waals surface area contributed by atoms with Gasteiger partial charge in [0.2, 0.25) is 0 Å². The van der Waals surface area contributed by atoms with E-state index in [4.69, 9.17) is 0 Å². The molecule has 0 saturated carbocycles. The highest BCUT2D eigenvalue weighted by Crippen LogP contribution is 2.26. The standard InChI is InChI=1S/C41H42F6N4O2/c1-5-10-32(34(12-7-3)24-30-50-36-14-18-38(19-15-36)52-40(42,43)44)22-28-48-26-9-27-49-29-23-33(11-6-2)35(13-8-4)25-31-51-37-16-20-39(21-17-37)53-41(45,46)47/h5-8,10-25,28-31H,9,26-27H2,1-4H3/b10-5-,11-6-,12-7-,13-8-,32-22+,33-23+,34-24-,35-25+,48-28?,49-29?,50-30?,51-31?. The number of alkyl halides is 6. The number of rotatable bonds is 18. The highest BCUT2D eigenvalue weighted by molar-refractivity contribution is 5.82. The zero-order chi connectivity index (χ0) is 39.0. The van der Waals surface area contributed by atoms with Crippen LogP contribution in [0.4, 0.5) is 37.7 Å². The van der Waals surface area contributed by atoms with E-state index >= 15 is 0 Å². The van der Waals surface area contributed by atoms with Gasteiger partial charge in [0.25, 0.3) is 0 Å². The van der Waals surface area contributed by atoms with Crippen molar-refractivity contribution >= 4 is 36.2 Å². The number of halogens is 6. The molecule has 0 aliphatic rings. The molecular weight excluding hydrogens is 694 g/mol. The summed E-state index contributed by atoms with van der Waals surface area (Å²) in [6.45, 7) is 8.70. The first-order valence-corrected chi connectivity index (χ1v) is 16.5. The average molecular weight is 737 g/mol. The van der Waals surface area contributed by atoms with Gasteiger partial charge in [-0.1, -0.05) is 48.6 Å². The van der Waals surface area contributed by atoms with Crippen molar-refractivity contribution in [1.29, 1.82) is 0 Å². The summed E-state index contributed by atoms with van der Waals surface area (Å²) in [7, 11) is 0. The molecule has 0 radical (unpaired) electrons. The van der Waals surface area contributed by atoms with Gasteiger partial charge in [-0.15, -0.1) is 26.3 Å². The third kappa shape index (κ3) is 19.4. The Labute approximate surface area is 306 Å². The lowest BCUT2D eigenvalue weighted by molar-refractivity contribution is -0.275. The first-order valence-electron chi connectivity index (χ1n) is 16.5. The van der Waals surface area contributed by atoms with Gasteiger partial charge >= 0.3 is 12.7 Å². The smallest absolute Gasteiger partial charge is 0.406 e. The molecule has 0 atom stereocenters. The van der Waals surface area contributed by atoms with Crippen LogP contribution in [0.15, 0.2) is 164 Å². The molecule has 6 nitrogen and oxygen atoms in total. The van der Waals surface area contributed by atoms with Gasteiger partial charge in [0.05, 0.1) is 11.4 Å². The number of hydrogen-bond acceptors (Lipinski definition) is 6. The number of benzene rings is 2. The highest BCUT2D eigenvalue weighted by atomic mass is 19.4. The van der Waals surface area contributed by atoms with E-state index in [1.807, 2.05) is 88.5 Å². The molecule has 0 aliphatic heterocycles. The van der Waals surface area contributed by atoms with Crippen LogP contribution in [0.1, 0.15) is 34.1 Å². The lowest BCUT2D eigenvalue weighted by atomic mass is 10.0. The minimum absolute atomic E-state index is 0.315. The third-order valence-corrected chi connectivity index (χ3v) is 6.44. The van der Waals surface area contributed by atoms with Crippen molar-refractivity contribution in [3.63, 3.8) is 0 Å². The zero-order valence-corrected chi connectivity index (χ0v) is 29.9. The predicted octanol–water partition coefficient (Wildman–Crippen LogP) is 12.1. The van der Waals surface area contributed by atoms with E-state index < -0.39 is 12.7 Å². The van der Waals surface area contributed by atoms with Crippen LogP contribution >= 0.6 is 0 Å². The van der Waals surface area contributed by atoms with Gasteiger partial charge in [-0.2, -0.15) is 0 Å². The summed E-state index contributed by atoms with van der Waals surface area (Å²) in [5.41, 5.74) is 4.43. The van der Waals surface area contributed by atoms with Crippen LogP contribution in [-0.4, -0.2) is 50.7 Å². The molecule has 0 saturated heterocycles. The first-order chi connectivity index (χ1) is 25.4. The molecule has 12 heteroatoms. The van der Waals surface area contributed by atoms with Crippen LogP contribution in [0, 0.1) is 0 Å². The molecule has 0 bridgehead atoms. The number of ether oxygens (including phenoxy) is 2. The number of aliphatic imine (C=N–C) groups is 4. The monoisotopic (exact) mass is 736 g/mol. The van der Waals surface area contributed by atoms with E-state index in [-0.39, 0.29) is 11.5 Å². The van der Waals surface area contributed by atoms with Crippen LogP contribution in [-0.2, 0) is 0 Å². The third-order valence-electron chi connectivity index (χ3n) is 6.44. The second-order valence-electron chi connectivity index (χ2n) is 10.6. The van der Waals surface area contributed by atoms with Crippen LogP contribution in [0.2, 0.25) is 0 Å². The fourth-order valence-electron chi connectivity index (χ4n) is 4.25. The summed E-state index contributed by atoms with van der Waals surface area (Å²) >= 11 is 0. The molecule has 0 aliphatic carbocycles. The Hall–Kier alpha value is -5.78. The molecule has 0 N–H and O–H groups in total. The summed E-state index contributed by atoms with van der Waals surface area (Å²) in [5.74, 6) is -0.630. The van der Waals surface area contributed by atoms with Gasteiger partial charge in [-0.25, -0.2) is 0 Å². The maximum Gasteiger partial charge on any atom is 0.573 e. The summed E-state index contributed by atoms with van der Waals surface area (Å²) in [6.07, 6.45) is 20.5. The van der Waals surface area contributed by atoms with Crippen LogP contribution in [0.5, 0.6) is 11.5 Å². The molecule has 2 aromatic carbocycles. The van der Waals surface area contributed by atoms with Gasteiger partial charge in [-0.3, -0.25) is 20.0 Å². The van der Waals surface area contributed by atoms with Gasteiger partial charge < -0.3 is 9.47 Å². The van der Waals surface area contributed by atoms with Crippen molar-refractivity contribution in [2.75, 3.05) is 13.1 Å². The average Bonchev–Trinajstić information content (AvgIpc) is 3.09. The lowest BCUT2D eigenvalue weighted by Crippen LogP contribution is -2.16. The predicted molar refractivity (Wildman–Crippen MR) is 205 cm³/mol. The molecule has 0 amide bonds. The highest BCUT2D eigenvalue weighted by Gasteiger charge is 2.31. The quantitative estimate of drug-likeness (QED) is 0.0662. The number of allylic oxidation sites excluding steroid dienone is 16. The molecular formula is C41H42F6N4O2. The van der Waals surface area contributed by atoms with Crippen molar-refractivity contribution in [3.8, 4) is 11.5 Å². The summed E-state index contributed by atoms with van der Waals surface area (Å²) in [4.78, 5) is 17.6. The van der Waals surface area contributed by atoms with Gasteiger partial charge in [0, 0.05) is 37.9 Å². The lowest BCUT2D eigenvalue weighted by Gasteiger charge is -2.08. The first kappa shape index (κ1) is 43.4. The van der Waals surface area contributed by atoms with Crippen molar-refractivity contribution in [2.45, 2.75) is 46.8 Å². The van der Waals surface area contributed by atoms with E-state index in [1.54, 1.807) is 37.0 Å². The summed E-state index contributed by atoms with van der Waals surface area (Å²) in [5, 5.41) is 0. The normalized spacial score (nSPS) is 14.7. The van der Waals surface area contributed by atoms with Crippen molar-refractivity contribution < 1.29 is 35.8 Å². The Balaban J connectivity index is 2.02. The van der Waals surface area contributed by atoms with E-state index in [9.17, 15) is 26.3 Å². The van der Waals surface area contributed by atoms with E-state index in [0.29, 0.717) is 24.5 Å². The fourth-order valence-corrected chi connectivity index (χ4v) is 4.25. The molecule has 53 heavy (non-hydrogen) atoms. The minimum atomic E-state index is -4.75. The molecule has 0 aromatic heterocycles. The molecule has 2 aromatic rings. The largest absolute Gasteiger partial charge is 0.573 e. The molecule has 0 unspecified atom stereocenters. The Morgan fingerprint density at radius 1 is 0.491 bits per heavy atom. The van der Waals surface area contributed by atoms with Gasteiger partial charge in [-0.05, 0) is 129 Å². The van der Waals surface area contributed by atoms with E-state index in [2.05, 4.69) is 29.4 Å². The number of nitrogens with zero attached hydrogens (tertiary/aromatic N) is 4. The summed E-state index contributed by atoms with van der Waals surface area (Å²) < 4.78 is 82.2. The maximum atomic E-state index is 12.4. The van der Waals surface area contributed by atoms with E-state index in [0.717, 1.165) is 28.7 Å². The Kier molecular flexibility index (Phi) is 19.4. The molecule has 0 spiro atoms. The van der Waals surface area contributed by atoms with Crippen LogP contribution in [0.25, 0.3) is 0 Å². The summed E-state index contributed by atoms with van der Waals surface area (Å²) in [6, 6.07) is 10.6. The molecule has 0 heterocycles. The van der Waals surface area contributed by atoms with Gasteiger partial charge in [0.1, 0.15) is 11.5 Å². The molecule has 2 rings (SSSR count). The molecule has 280 valence electrons. The fraction of sp³-hybridized carbons (Fsp3) is 0.220. The van der Waals surface area contributed by atoms with Crippen LogP contribution < -0.4 is 9.47 Å². The number of hydrogen-bond donors (Lipinski definition) is 0. The second-order valence-corrected chi connectivity index (χ2v) is 10.6. The zero-order valence-electron chi connectivity index (χ0n) is 29.9. The Morgan fingerprint density at radius 3 is 1.08 bits per heavy atom. The topological polar surface area (TPSA) is 67.9 Å². The van der Waals surface area contributed by atoms with E-state index in [1.165, 1.54) is 48.5 Å². The Bertz CT molecular complexity index is 1650. The van der Waals surface area contributed by atoms with Gasteiger partial charge in [0.15, 0.2) is 0 Å². The SMILES string of the molecule is C\C=C/C(=C/C=Nc1ccc(OC(F)(F)F)cc1)C(/C=C\C)=C/C=NCCCN=C/C=C(\C=C/C)C(/C=C\C)=C/C=Nc1ccc(OC(F)(F)F)cc1. The minimum Gasteiger partial charge on any atom is -0.406 e. The van der Waals surface area contributed by atoms with Crippen molar-refractivity contribution in [1.82, 2.24) is 0 Å². The molecule has 0 fully saturated rings. The maximum absolute atomic E-state index is 12.4. The Morgan fingerprint density at radius 2 is 0.792 bits per heavy atom. The van der Waals surface area contributed by atoms with Crippen LogP contribution in [0.3, 0.4) is 0 Å².